The van der Waals surface area contributed by atoms with Gasteiger partial charge in [-0.1, -0.05) is 24.3 Å². The molecular formula is C24H24FN5S. The van der Waals surface area contributed by atoms with Crippen molar-refractivity contribution in [3.63, 3.8) is 0 Å². The summed E-state index contributed by atoms with van der Waals surface area (Å²) in [5, 5.41) is 4.87. The number of anilines is 2. The molecule has 5 rings (SSSR count). The molecule has 3 heterocycles. The van der Waals surface area contributed by atoms with Crippen LogP contribution in [0.1, 0.15) is 12.5 Å². The maximum absolute atomic E-state index is 13.6. The molecule has 0 N–H and O–H groups in total. The lowest BCUT2D eigenvalue weighted by molar-refractivity contribution is 0.624. The van der Waals surface area contributed by atoms with Crippen LogP contribution >= 0.6 is 11.8 Å². The van der Waals surface area contributed by atoms with Gasteiger partial charge in [0, 0.05) is 36.6 Å². The molecule has 0 bridgehead atoms. The topological polar surface area (TPSA) is 36.7 Å². The molecule has 31 heavy (non-hydrogen) atoms. The van der Waals surface area contributed by atoms with Crippen LogP contribution in [0, 0.1) is 5.82 Å². The molecule has 2 aromatic heterocycles. The highest BCUT2D eigenvalue weighted by molar-refractivity contribution is 7.99. The van der Waals surface area contributed by atoms with Gasteiger partial charge in [0.15, 0.2) is 5.65 Å². The fourth-order valence-corrected chi connectivity index (χ4v) is 4.88. The minimum absolute atomic E-state index is 0.218. The van der Waals surface area contributed by atoms with Crippen molar-refractivity contribution in [2.24, 2.45) is 0 Å². The largest absolute Gasteiger partial charge is 0.361 e. The first-order valence-corrected chi connectivity index (χ1v) is 11.6. The molecule has 5 nitrogen and oxygen atoms in total. The summed E-state index contributed by atoms with van der Waals surface area (Å²) in [6.45, 7) is 4.54. The lowest BCUT2D eigenvalue weighted by atomic mass is 10.1. The number of aromatic nitrogens is 3. The predicted molar refractivity (Wildman–Crippen MR) is 126 cm³/mol. The Morgan fingerprint density at radius 2 is 1.97 bits per heavy atom. The Bertz CT molecular complexity index is 1180. The third-order valence-corrected chi connectivity index (χ3v) is 6.56. The maximum atomic E-state index is 13.6. The molecule has 0 atom stereocenters. The SMILES string of the molecule is CCN(Cc1cccc(F)c1)c1ccc2ncc(-c3ccc(N4CCSC4)cc3)n2n1. The molecule has 1 aliphatic heterocycles. The first-order valence-electron chi connectivity index (χ1n) is 10.5. The van der Waals surface area contributed by atoms with E-state index in [9.17, 15) is 4.39 Å². The molecule has 0 unspecified atom stereocenters. The van der Waals surface area contributed by atoms with Crippen molar-refractivity contribution in [1.82, 2.24) is 14.6 Å². The molecule has 1 aliphatic rings. The quantitative estimate of drug-likeness (QED) is 0.424. The van der Waals surface area contributed by atoms with E-state index in [2.05, 4.69) is 46.0 Å². The highest BCUT2D eigenvalue weighted by atomic mass is 32.2. The molecule has 1 saturated heterocycles. The minimum atomic E-state index is -0.218. The second-order valence-corrected chi connectivity index (χ2v) is 8.67. The fourth-order valence-electron chi connectivity index (χ4n) is 3.90. The van der Waals surface area contributed by atoms with Crippen molar-refractivity contribution < 1.29 is 4.39 Å². The first kappa shape index (κ1) is 19.9. The molecule has 0 radical (unpaired) electrons. The Balaban J connectivity index is 1.45. The maximum Gasteiger partial charge on any atom is 0.154 e. The van der Waals surface area contributed by atoms with Crippen LogP contribution < -0.4 is 9.80 Å². The monoisotopic (exact) mass is 433 g/mol. The van der Waals surface area contributed by atoms with Crippen LogP contribution in [0.5, 0.6) is 0 Å². The van der Waals surface area contributed by atoms with Crippen molar-refractivity contribution in [3.05, 3.63) is 78.2 Å². The lowest BCUT2D eigenvalue weighted by Crippen LogP contribution is -2.23. The Morgan fingerprint density at radius 3 is 2.71 bits per heavy atom. The third-order valence-electron chi connectivity index (χ3n) is 5.60. The predicted octanol–water partition coefficient (Wildman–Crippen LogP) is 5.07. The normalized spacial score (nSPS) is 13.8. The van der Waals surface area contributed by atoms with Gasteiger partial charge in [-0.3, -0.25) is 0 Å². The lowest BCUT2D eigenvalue weighted by Gasteiger charge is -2.22. The Hall–Kier alpha value is -3.06. The fraction of sp³-hybridized carbons (Fsp3) is 0.250. The van der Waals surface area contributed by atoms with Crippen molar-refractivity contribution in [1.29, 1.82) is 0 Å². The number of thioether (sulfide) groups is 1. The number of hydrogen-bond acceptors (Lipinski definition) is 5. The van der Waals surface area contributed by atoms with Crippen molar-refractivity contribution in [3.8, 4) is 11.3 Å². The second kappa shape index (κ2) is 8.59. The minimum Gasteiger partial charge on any atom is -0.361 e. The molecule has 0 saturated carbocycles. The number of halogens is 1. The van der Waals surface area contributed by atoms with Crippen molar-refractivity contribution in [2.75, 3.05) is 34.5 Å². The van der Waals surface area contributed by atoms with Gasteiger partial charge in [0.2, 0.25) is 0 Å². The molecule has 4 aromatic rings. The van der Waals surface area contributed by atoms with Gasteiger partial charge in [-0.25, -0.2) is 13.9 Å². The smallest absolute Gasteiger partial charge is 0.154 e. The number of imidazole rings is 1. The highest BCUT2D eigenvalue weighted by Gasteiger charge is 2.15. The second-order valence-electron chi connectivity index (χ2n) is 7.60. The van der Waals surface area contributed by atoms with E-state index in [-0.39, 0.29) is 5.82 Å². The zero-order chi connectivity index (χ0) is 21.2. The zero-order valence-corrected chi connectivity index (χ0v) is 18.2. The van der Waals surface area contributed by atoms with E-state index < -0.39 is 0 Å². The average molecular weight is 434 g/mol. The number of nitrogens with zero attached hydrogens (tertiary/aromatic N) is 5. The molecular weight excluding hydrogens is 409 g/mol. The van der Waals surface area contributed by atoms with Gasteiger partial charge in [0.25, 0.3) is 0 Å². The van der Waals surface area contributed by atoms with E-state index in [1.807, 2.05) is 40.7 Å². The van der Waals surface area contributed by atoms with E-state index in [0.717, 1.165) is 47.3 Å². The number of benzene rings is 2. The first-order chi connectivity index (χ1) is 15.2. The summed E-state index contributed by atoms with van der Waals surface area (Å²) in [6.07, 6.45) is 1.87. The zero-order valence-electron chi connectivity index (χ0n) is 17.4. The van der Waals surface area contributed by atoms with Crippen LogP contribution in [-0.4, -0.2) is 39.3 Å². The van der Waals surface area contributed by atoms with Crippen LogP contribution in [-0.2, 0) is 6.54 Å². The van der Waals surface area contributed by atoms with Gasteiger partial charge in [-0.15, -0.1) is 16.9 Å². The van der Waals surface area contributed by atoms with Crippen molar-refractivity contribution in [2.45, 2.75) is 13.5 Å². The van der Waals surface area contributed by atoms with E-state index in [1.54, 1.807) is 12.1 Å². The molecule has 0 aliphatic carbocycles. The molecule has 158 valence electrons. The molecule has 7 heteroatoms. The standard InChI is InChI=1S/C24H24FN5S/c1-2-28(16-18-4-3-5-20(25)14-18)24-11-10-23-26-15-22(30(23)27-24)19-6-8-21(9-7-19)29-12-13-31-17-29/h3-11,14-15H,2,12-13,16-17H2,1H3. The van der Waals surface area contributed by atoms with Gasteiger partial charge in [-0.05, 0) is 48.9 Å². The van der Waals surface area contributed by atoms with Crippen LogP contribution in [0.2, 0.25) is 0 Å². The van der Waals surface area contributed by atoms with Crippen LogP contribution in [0.4, 0.5) is 15.9 Å². The van der Waals surface area contributed by atoms with Gasteiger partial charge in [0.1, 0.15) is 11.6 Å². The summed E-state index contributed by atoms with van der Waals surface area (Å²) in [6, 6.07) is 19.3. The van der Waals surface area contributed by atoms with Crippen molar-refractivity contribution >= 4 is 28.9 Å². The molecule has 0 amide bonds. The summed E-state index contributed by atoms with van der Waals surface area (Å²) in [5.41, 5.74) is 5.02. The molecule has 2 aromatic carbocycles. The Labute approximate surface area is 185 Å². The Morgan fingerprint density at radius 1 is 1.10 bits per heavy atom. The summed E-state index contributed by atoms with van der Waals surface area (Å²) in [5.74, 6) is 2.86. The number of fused-ring (bicyclic) bond motifs is 1. The summed E-state index contributed by atoms with van der Waals surface area (Å²) in [7, 11) is 0. The molecule has 1 fully saturated rings. The van der Waals surface area contributed by atoms with Crippen LogP contribution in [0.3, 0.4) is 0 Å². The number of rotatable bonds is 6. The average Bonchev–Trinajstić information content (AvgIpc) is 3.47. The number of hydrogen-bond donors (Lipinski definition) is 0. The highest BCUT2D eigenvalue weighted by Crippen LogP contribution is 2.27. The summed E-state index contributed by atoms with van der Waals surface area (Å²) >= 11 is 1.96. The van der Waals surface area contributed by atoms with Gasteiger partial charge in [0.05, 0.1) is 17.8 Å². The van der Waals surface area contributed by atoms with Gasteiger partial charge < -0.3 is 9.80 Å². The summed E-state index contributed by atoms with van der Waals surface area (Å²) in [4.78, 5) is 9.06. The van der Waals surface area contributed by atoms with Crippen LogP contribution in [0.15, 0.2) is 66.9 Å². The van der Waals surface area contributed by atoms with E-state index >= 15 is 0 Å². The van der Waals surface area contributed by atoms with E-state index in [0.29, 0.717) is 6.54 Å². The third kappa shape index (κ3) is 4.10. The van der Waals surface area contributed by atoms with Gasteiger partial charge >= 0.3 is 0 Å². The van der Waals surface area contributed by atoms with Gasteiger partial charge in [-0.2, -0.15) is 0 Å². The summed E-state index contributed by atoms with van der Waals surface area (Å²) < 4.78 is 15.5. The van der Waals surface area contributed by atoms with E-state index in [4.69, 9.17) is 5.10 Å². The Kier molecular flexibility index (Phi) is 5.51. The van der Waals surface area contributed by atoms with E-state index in [1.165, 1.54) is 17.5 Å². The van der Waals surface area contributed by atoms with Crippen LogP contribution in [0.25, 0.3) is 16.9 Å². The molecule has 0 spiro atoms.